The van der Waals surface area contributed by atoms with Gasteiger partial charge in [0, 0.05) is 24.3 Å². The zero-order valence-corrected chi connectivity index (χ0v) is 15.4. The van der Waals surface area contributed by atoms with E-state index in [4.69, 9.17) is 4.74 Å². The van der Waals surface area contributed by atoms with Crippen LogP contribution < -0.4 is 15.4 Å². The number of hydrogen-bond donors (Lipinski definition) is 3. The molecule has 136 valence electrons. The van der Waals surface area contributed by atoms with E-state index in [0.717, 1.165) is 48.9 Å². The van der Waals surface area contributed by atoms with Gasteiger partial charge < -0.3 is 15.4 Å². The number of nitrogens with one attached hydrogen (secondary N) is 3. The van der Waals surface area contributed by atoms with Crippen LogP contribution in [0.1, 0.15) is 37.1 Å². The first-order valence-electron chi connectivity index (χ1n) is 8.96. The van der Waals surface area contributed by atoms with Crippen molar-refractivity contribution in [3.05, 3.63) is 47.3 Å². The van der Waals surface area contributed by atoms with Gasteiger partial charge in [-0.15, -0.1) is 0 Å². The number of benzene rings is 1. The number of ether oxygens (including phenoxy) is 1. The number of aromatic amines is 1. The molecule has 0 aliphatic rings. The van der Waals surface area contributed by atoms with E-state index in [2.05, 4.69) is 45.7 Å². The van der Waals surface area contributed by atoms with Crippen molar-refractivity contribution in [2.24, 2.45) is 4.99 Å². The number of hydrogen-bond acceptors (Lipinski definition) is 3. The fourth-order valence-corrected chi connectivity index (χ4v) is 2.55. The summed E-state index contributed by atoms with van der Waals surface area (Å²) >= 11 is 0. The maximum atomic E-state index is 5.66. The minimum Gasteiger partial charge on any atom is -0.494 e. The summed E-state index contributed by atoms with van der Waals surface area (Å²) in [4.78, 5) is 4.67. The molecule has 0 amide bonds. The predicted molar refractivity (Wildman–Crippen MR) is 102 cm³/mol. The van der Waals surface area contributed by atoms with Gasteiger partial charge >= 0.3 is 0 Å². The molecule has 0 saturated heterocycles. The lowest BCUT2D eigenvalue weighted by molar-refractivity contribution is 0.336. The van der Waals surface area contributed by atoms with Crippen LogP contribution in [0.3, 0.4) is 0 Å². The van der Waals surface area contributed by atoms with Crippen LogP contribution in [0.25, 0.3) is 0 Å². The maximum absolute atomic E-state index is 5.66. The van der Waals surface area contributed by atoms with E-state index < -0.39 is 0 Å². The summed E-state index contributed by atoms with van der Waals surface area (Å²) in [5.41, 5.74) is 3.51. The zero-order chi connectivity index (χ0) is 17.9. The number of aromatic nitrogens is 2. The molecule has 0 atom stereocenters. The first-order chi connectivity index (χ1) is 12.2. The van der Waals surface area contributed by atoms with E-state index >= 15 is 0 Å². The molecule has 0 unspecified atom stereocenters. The highest BCUT2D eigenvalue weighted by molar-refractivity contribution is 5.79. The maximum Gasteiger partial charge on any atom is 0.191 e. The van der Waals surface area contributed by atoms with E-state index in [1.165, 1.54) is 5.56 Å². The molecule has 0 fully saturated rings. The predicted octanol–water partition coefficient (Wildman–Crippen LogP) is 2.80. The Hall–Kier alpha value is -2.50. The Balaban J connectivity index is 1.86. The van der Waals surface area contributed by atoms with Crippen molar-refractivity contribution in [2.75, 3.05) is 19.7 Å². The van der Waals surface area contributed by atoms with Gasteiger partial charge in [-0.1, -0.05) is 18.2 Å². The van der Waals surface area contributed by atoms with Crippen LogP contribution in [-0.2, 0) is 13.0 Å². The smallest absolute Gasteiger partial charge is 0.191 e. The third-order valence-electron chi connectivity index (χ3n) is 3.87. The van der Waals surface area contributed by atoms with Crippen molar-refractivity contribution in [1.82, 2.24) is 20.8 Å². The lowest BCUT2D eigenvalue weighted by atomic mass is 10.1. The number of aryl methyl sites for hydroxylation is 2. The molecule has 0 saturated carbocycles. The van der Waals surface area contributed by atoms with Gasteiger partial charge in [-0.2, -0.15) is 5.10 Å². The molecule has 1 aromatic carbocycles. The molecule has 0 spiro atoms. The molecule has 3 N–H and O–H groups in total. The SMILES string of the molecule is CCNC(=NCc1ccccc1OCC)NCCCc1cn[nH]c1C. The summed E-state index contributed by atoms with van der Waals surface area (Å²) in [6.07, 6.45) is 3.93. The Morgan fingerprint density at radius 1 is 1.20 bits per heavy atom. The normalized spacial score (nSPS) is 11.4. The molecular weight excluding hydrogens is 314 g/mol. The van der Waals surface area contributed by atoms with Gasteiger partial charge in [0.2, 0.25) is 0 Å². The van der Waals surface area contributed by atoms with Gasteiger partial charge in [0.15, 0.2) is 5.96 Å². The molecule has 0 radical (unpaired) electrons. The number of H-pyrrole nitrogens is 1. The Labute approximate surface area is 150 Å². The third-order valence-corrected chi connectivity index (χ3v) is 3.87. The molecule has 6 nitrogen and oxygen atoms in total. The lowest BCUT2D eigenvalue weighted by Crippen LogP contribution is -2.37. The second-order valence-electron chi connectivity index (χ2n) is 5.79. The van der Waals surface area contributed by atoms with Gasteiger partial charge in [0.05, 0.1) is 19.3 Å². The number of aliphatic imine (C=N–C) groups is 1. The van der Waals surface area contributed by atoms with Crippen LogP contribution in [-0.4, -0.2) is 35.9 Å². The highest BCUT2D eigenvalue weighted by Crippen LogP contribution is 2.18. The summed E-state index contributed by atoms with van der Waals surface area (Å²) in [6.45, 7) is 9.06. The minimum atomic E-state index is 0.590. The van der Waals surface area contributed by atoms with E-state index in [9.17, 15) is 0 Å². The molecule has 0 aliphatic carbocycles. The van der Waals surface area contributed by atoms with Gasteiger partial charge in [-0.25, -0.2) is 4.99 Å². The van der Waals surface area contributed by atoms with Crippen molar-refractivity contribution in [3.63, 3.8) is 0 Å². The Morgan fingerprint density at radius 3 is 2.76 bits per heavy atom. The van der Waals surface area contributed by atoms with Crippen LogP contribution >= 0.6 is 0 Å². The molecule has 1 heterocycles. The average Bonchev–Trinajstić information content (AvgIpc) is 3.03. The fourth-order valence-electron chi connectivity index (χ4n) is 2.55. The van der Waals surface area contributed by atoms with Gasteiger partial charge in [-0.3, -0.25) is 5.10 Å². The first-order valence-corrected chi connectivity index (χ1v) is 8.96. The average molecular weight is 343 g/mol. The van der Waals surface area contributed by atoms with Crippen LogP contribution in [0.2, 0.25) is 0 Å². The monoisotopic (exact) mass is 343 g/mol. The third kappa shape index (κ3) is 6.14. The Bertz CT molecular complexity index is 665. The molecule has 2 rings (SSSR count). The van der Waals surface area contributed by atoms with Crippen molar-refractivity contribution in [1.29, 1.82) is 0 Å². The molecule has 25 heavy (non-hydrogen) atoms. The highest BCUT2D eigenvalue weighted by Gasteiger charge is 2.04. The number of para-hydroxylation sites is 1. The van der Waals surface area contributed by atoms with Crippen LogP contribution in [0.4, 0.5) is 0 Å². The van der Waals surface area contributed by atoms with E-state index in [-0.39, 0.29) is 0 Å². The highest BCUT2D eigenvalue weighted by atomic mass is 16.5. The van der Waals surface area contributed by atoms with Crippen LogP contribution in [0, 0.1) is 6.92 Å². The summed E-state index contributed by atoms with van der Waals surface area (Å²) in [7, 11) is 0. The first kappa shape index (κ1) is 18.8. The molecule has 0 aliphatic heterocycles. The summed E-state index contributed by atoms with van der Waals surface area (Å²) in [5, 5.41) is 13.7. The minimum absolute atomic E-state index is 0.590. The summed E-state index contributed by atoms with van der Waals surface area (Å²) in [6, 6.07) is 8.04. The quantitative estimate of drug-likeness (QED) is 0.372. The standard InChI is InChI=1S/C19H29N5O/c1-4-20-19(21-12-8-10-16-14-23-24-15(16)3)22-13-17-9-6-7-11-18(17)25-5-2/h6-7,9,11,14H,4-5,8,10,12-13H2,1-3H3,(H,23,24)(H2,20,21,22). The van der Waals surface area contributed by atoms with E-state index in [0.29, 0.717) is 13.2 Å². The lowest BCUT2D eigenvalue weighted by Gasteiger charge is -2.12. The molecule has 1 aromatic heterocycles. The van der Waals surface area contributed by atoms with Crippen molar-refractivity contribution >= 4 is 5.96 Å². The zero-order valence-electron chi connectivity index (χ0n) is 15.4. The Kier molecular flexibility index (Phi) is 7.82. The molecular formula is C19H29N5O. The molecule has 2 aromatic rings. The topological polar surface area (TPSA) is 74.3 Å². The van der Waals surface area contributed by atoms with Crippen molar-refractivity contribution in [2.45, 2.75) is 40.2 Å². The number of guanidine groups is 1. The summed E-state index contributed by atoms with van der Waals surface area (Å²) < 4.78 is 5.66. The van der Waals surface area contributed by atoms with E-state index in [1.54, 1.807) is 0 Å². The van der Waals surface area contributed by atoms with Crippen LogP contribution in [0.5, 0.6) is 5.75 Å². The van der Waals surface area contributed by atoms with Crippen molar-refractivity contribution in [3.8, 4) is 5.75 Å². The Morgan fingerprint density at radius 2 is 2.04 bits per heavy atom. The molecule has 0 bridgehead atoms. The fraction of sp³-hybridized carbons (Fsp3) is 0.474. The number of rotatable bonds is 9. The second kappa shape index (κ2) is 10.4. The number of nitrogens with zero attached hydrogens (tertiary/aromatic N) is 2. The van der Waals surface area contributed by atoms with Gasteiger partial charge in [0.1, 0.15) is 5.75 Å². The van der Waals surface area contributed by atoms with Crippen molar-refractivity contribution < 1.29 is 4.74 Å². The van der Waals surface area contributed by atoms with Gasteiger partial charge in [0.25, 0.3) is 0 Å². The largest absolute Gasteiger partial charge is 0.494 e. The summed E-state index contributed by atoms with van der Waals surface area (Å²) in [5.74, 6) is 1.73. The second-order valence-corrected chi connectivity index (χ2v) is 5.79. The van der Waals surface area contributed by atoms with Crippen LogP contribution in [0.15, 0.2) is 35.5 Å². The van der Waals surface area contributed by atoms with E-state index in [1.807, 2.05) is 31.3 Å². The molecule has 6 heteroatoms. The van der Waals surface area contributed by atoms with Gasteiger partial charge in [-0.05, 0) is 45.2 Å².